The van der Waals surface area contributed by atoms with Crippen LogP contribution in [0.5, 0.6) is 0 Å². The van der Waals surface area contributed by atoms with Gasteiger partial charge in [-0.1, -0.05) is 30.3 Å². The molecule has 1 aliphatic rings. The molecule has 0 saturated carbocycles. The van der Waals surface area contributed by atoms with E-state index in [4.69, 9.17) is 0 Å². The van der Waals surface area contributed by atoms with Crippen LogP contribution in [-0.4, -0.2) is 28.9 Å². The van der Waals surface area contributed by atoms with Crippen LogP contribution in [0.4, 0.5) is 0 Å². The van der Waals surface area contributed by atoms with Gasteiger partial charge in [0.1, 0.15) is 0 Å². The van der Waals surface area contributed by atoms with E-state index >= 15 is 0 Å². The maximum Gasteiger partial charge on any atom is 0.246 e. The molecule has 0 bridgehead atoms. The van der Waals surface area contributed by atoms with Crippen LogP contribution in [0, 0.1) is 0 Å². The van der Waals surface area contributed by atoms with Gasteiger partial charge in [-0.25, -0.2) is 0 Å². The molecule has 0 spiro atoms. The number of carbonyl (C=O) groups is 1. The molecule has 1 aromatic heterocycles. The minimum Gasteiger partial charge on any atom is -0.339 e. The second-order valence-corrected chi connectivity index (χ2v) is 5.73. The summed E-state index contributed by atoms with van der Waals surface area (Å²) >= 11 is 0. The number of hydrogen-bond donors (Lipinski definition) is 0. The van der Waals surface area contributed by atoms with E-state index in [9.17, 15) is 4.79 Å². The van der Waals surface area contributed by atoms with E-state index in [1.54, 1.807) is 18.5 Å². The number of fused-ring (bicyclic) bond motifs is 1. The lowest BCUT2D eigenvalue weighted by molar-refractivity contribution is -0.126. The van der Waals surface area contributed by atoms with Crippen molar-refractivity contribution in [2.75, 3.05) is 7.05 Å². The highest BCUT2D eigenvalue weighted by Gasteiger charge is 2.23. The van der Waals surface area contributed by atoms with E-state index in [1.165, 1.54) is 11.1 Å². The number of amides is 1. The number of nitrogens with zero attached hydrogens (tertiary/aromatic N) is 2. The molecule has 0 fully saturated rings. The molecule has 1 heterocycles. The summed E-state index contributed by atoms with van der Waals surface area (Å²) in [6.45, 7) is 0. The Morgan fingerprint density at radius 2 is 2.05 bits per heavy atom. The average molecular weight is 292 g/mol. The van der Waals surface area contributed by atoms with E-state index in [-0.39, 0.29) is 11.9 Å². The monoisotopic (exact) mass is 292 g/mol. The Morgan fingerprint density at radius 3 is 2.82 bits per heavy atom. The molecule has 112 valence electrons. The van der Waals surface area contributed by atoms with Gasteiger partial charge in [-0.15, -0.1) is 0 Å². The van der Waals surface area contributed by atoms with Crippen LogP contribution < -0.4 is 0 Å². The van der Waals surface area contributed by atoms with E-state index in [0.717, 1.165) is 24.8 Å². The van der Waals surface area contributed by atoms with Gasteiger partial charge in [-0.3, -0.25) is 9.78 Å². The van der Waals surface area contributed by atoms with E-state index in [0.29, 0.717) is 0 Å². The Morgan fingerprint density at radius 1 is 1.23 bits per heavy atom. The summed E-state index contributed by atoms with van der Waals surface area (Å²) in [5.74, 6) is 0.0493. The Balaban J connectivity index is 1.66. The van der Waals surface area contributed by atoms with Crippen LogP contribution in [0.1, 0.15) is 23.1 Å². The molecule has 1 unspecified atom stereocenters. The number of pyridine rings is 1. The molecular weight excluding hydrogens is 272 g/mol. The molecule has 0 radical (unpaired) electrons. The maximum absolute atomic E-state index is 12.3. The predicted octanol–water partition coefficient (Wildman–Crippen LogP) is 3.11. The normalized spacial score (nSPS) is 17.2. The number of likely N-dealkylation sites (N-methyl/N-ethyl adjacent to an activating group) is 1. The minimum atomic E-state index is 0.0493. The molecular formula is C19H20N2O. The smallest absolute Gasteiger partial charge is 0.246 e. The Bertz CT molecular complexity index is 679. The van der Waals surface area contributed by atoms with Crippen molar-refractivity contribution in [1.29, 1.82) is 0 Å². The van der Waals surface area contributed by atoms with Gasteiger partial charge in [0.2, 0.25) is 5.91 Å². The van der Waals surface area contributed by atoms with Crippen molar-refractivity contribution in [1.82, 2.24) is 9.88 Å². The van der Waals surface area contributed by atoms with Gasteiger partial charge in [0.15, 0.2) is 0 Å². The zero-order valence-corrected chi connectivity index (χ0v) is 12.8. The quantitative estimate of drug-likeness (QED) is 0.814. The van der Waals surface area contributed by atoms with Crippen molar-refractivity contribution >= 4 is 12.0 Å². The summed E-state index contributed by atoms with van der Waals surface area (Å²) in [6, 6.07) is 12.6. The SMILES string of the molecule is CN(C(=O)/C=C/c1cccnc1)C1CCc2ccccc2C1. The molecule has 2 aromatic rings. The molecule has 1 aliphatic carbocycles. The number of rotatable bonds is 3. The van der Waals surface area contributed by atoms with E-state index in [1.807, 2.05) is 30.2 Å². The Kier molecular flexibility index (Phi) is 4.33. The van der Waals surface area contributed by atoms with Crippen molar-refractivity contribution in [2.24, 2.45) is 0 Å². The number of benzene rings is 1. The fraction of sp³-hybridized carbons (Fsp3) is 0.263. The fourth-order valence-electron chi connectivity index (χ4n) is 2.95. The number of hydrogen-bond acceptors (Lipinski definition) is 2. The summed E-state index contributed by atoms with van der Waals surface area (Å²) in [7, 11) is 1.90. The third kappa shape index (κ3) is 3.25. The summed E-state index contributed by atoms with van der Waals surface area (Å²) in [4.78, 5) is 18.3. The molecule has 3 nitrogen and oxygen atoms in total. The highest BCUT2D eigenvalue weighted by atomic mass is 16.2. The van der Waals surface area contributed by atoms with Crippen molar-refractivity contribution in [3.05, 3.63) is 71.6 Å². The molecule has 0 N–H and O–H groups in total. The van der Waals surface area contributed by atoms with Crippen molar-refractivity contribution in [2.45, 2.75) is 25.3 Å². The molecule has 0 saturated heterocycles. The lowest BCUT2D eigenvalue weighted by Crippen LogP contribution is -2.39. The minimum absolute atomic E-state index is 0.0493. The van der Waals surface area contributed by atoms with Crippen molar-refractivity contribution in [3.63, 3.8) is 0 Å². The number of carbonyl (C=O) groups excluding carboxylic acids is 1. The first-order valence-electron chi connectivity index (χ1n) is 7.66. The van der Waals surface area contributed by atoms with Gasteiger partial charge in [-0.05, 0) is 48.1 Å². The summed E-state index contributed by atoms with van der Waals surface area (Å²) in [5.41, 5.74) is 3.73. The highest BCUT2D eigenvalue weighted by molar-refractivity contribution is 5.91. The standard InChI is InChI=1S/C19H20N2O/c1-21(19(22)11-8-15-5-4-12-20-14-15)18-10-9-16-6-2-3-7-17(16)13-18/h2-8,11-12,14,18H,9-10,13H2,1H3/b11-8+. The highest BCUT2D eigenvalue weighted by Crippen LogP contribution is 2.24. The first kappa shape index (κ1) is 14.5. The molecule has 1 aromatic carbocycles. The maximum atomic E-state index is 12.3. The topological polar surface area (TPSA) is 33.2 Å². The van der Waals surface area contributed by atoms with Crippen molar-refractivity contribution < 1.29 is 4.79 Å². The second kappa shape index (κ2) is 6.56. The zero-order chi connectivity index (χ0) is 15.4. The molecule has 3 heteroatoms. The van der Waals surface area contributed by atoms with Gasteiger partial charge < -0.3 is 4.90 Å². The van der Waals surface area contributed by atoms with Crippen LogP contribution in [0.25, 0.3) is 6.08 Å². The van der Waals surface area contributed by atoms with Crippen LogP contribution in [0.3, 0.4) is 0 Å². The molecule has 1 amide bonds. The summed E-state index contributed by atoms with van der Waals surface area (Å²) in [6.07, 6.45) is 9.95. The fourth-order valence-corrected chi connectivity index (χ4v) is 2.95. The van der Waals surface area contributed by atoms with Gasteiger partial charge in [-0.2, -0.15) is 0 Å². The number of aryl methyl sites for hydroxylation is 1. The van der Waals surface area contributed by atoms with Gasteiger partial charge >= 0.3 is 0 Å². The van der Waals surface area contributed by atoms with Gasteiger partial charge in [0.05, 0.1) is 0 Å². The van der Waals surface area contributed by atoms with E-state index < -0.39 is 0 Å². The molecule has 3 rings (SSSR count). The molecule has 1 atom stereocenters. The van der Waals surface area contributed by atoms with Crippen LogP contribution in [0.2, 0.25) is 0 Å². The third-order valence-corrected chi connectivity index (χ3v) is 4.32. The zero-order valence-electron chi connectivity index (χ0n) is 12.8. The first-order valence-corrected chi connectivity index (χ1v) is 7.66. The summed E-state index contributed by atoms with van der Waals surface area (Å²) in [5, 5.41) is 0. The predicted molar refractivity (Wildman–Crippen MR) is 88.3 cm³/mol. The Hall–Kier alpha value is -2.42. The Labute approximate surface area is 131 Å². The lowest BCUT2D eigenvalue weighted by atomic mass is 9.87. The van der Waals surface area contributed by atoms with Crippen LogP contribution in [0.15, 0.2) is 54.9 Å². The van der Waals surface area contributed by atoms with Crippen LogP contribution >= 0.6 is 0 Å². The van der Waals surface area contributed by atoms with Gasteiger partial charge in [0, 0.05) is 31.6 Å². The number of aromatic nitrogens is 1. The first-order chi connectivity index (χ1) is 10.7. The molecule has 22 heavy (non-hydrogen) atoms. The van der Waals surface area contributed by atoms with Crippen molar-refractivity contribution in [3.8, 4) is 0 Å². The molecule has 0 aliphatic heterocycles. The average Bonchev–Trinajstić information content (AvgIpc) is 2.59. The lowest BCUT2D eigenvalue weighted by Gasteiger charge is -2.31. The van der Waals surface area contributed by atoms with E-state index in [2.05, 4.69) is 29.2 Å². The second-order valence-electron chi connectivity index (χ2n) is 5.73. The van der Waals surface area contributed by atoms with Gasteiger partial charge in [0.25, 0.3) is 0 Å². The summed E-state index contributed by atoms with van der Waals surface area (Å²) < 4.78 is 0. The van der Waals surface area contributed by atoms with Crippen LogP contribution in [-0.2, 0) is 17.6 Å². The largest absolute Gasteiger partial charge is 0.339 e. The third-order valence-electron chi connectivity index (χ3n) is 4.32.